The SMILES string of the molecule is COc1ncccc1-c1ccc(O)c(-c2nc3ccc(C(=O)Nc4ccc(CCn5ccnc5)cc4)cc3[nH]2)c1. The van der Waals surface area contributed by atoms with Crippen molar-refractivity contribution >= 4 is 22.6 Å². The van der Waals surface area contributed by atoms with Crippen LogP contribution in [0.1, 0.15) is 15.9 Å². The van der Waals surface area contributed by atoms with E-state index >= 15 is 0 Å². The third-order valence-electron chi connectivity index (χ3n) is 6.70. The lowest BCUT2D eigenvalue weighted by Gasteiger charge is -2.09. The summed E-state index contributed by atoms with van der Waals surface area (Å²) >= 11 is 0. The lowest BCUT2D eigenvalue weighted by molar-refractivity contribution is 0.102. The number of imidazole rings is 2. The van der Waals surface area contributed by atoms with Crippen LogP contribution in [0, 0.1) is 0 Å². The molecule has 0 spiro atoms. The lowest BCUT2D eigenvalue weighted by Crippen LogP contribution is -2.11. The molecule has 6 rings (SSSR count). The maximum Gasteiger partial charge on any atom is 0.255 e. The van der Waals surface area contributed by atoms with Gasteiger partial charge in [0.05, 0.1) is 30.0 Å². The number of hydrogen-bond acceptors (Lipinski definition) is 6. The maximum absolute atomic E-state index is 13.0. The Morgan fingerprint density at radius 3 is 2.70 bits per heavy atom. The average Bonchev–Trinajstić information content (AvgIpc) is 3.67. The van der Waals surface area contributed by atoms with Crippen molar-refractivity contribution < 1.29 is 14.6 Å². The van der Waals surface area contributed by atoms with Gasteiger partial charge in [-0.1, -0.05) is 18.2 Å². The first-order valence-corrected chi connectivity index (χ1v) is 12.8. The Bertz CT molecular complexity index is 1790. The van der Waals surface area contributed by atoms with Gasteiger partial charge >= 0.3 is 0 Å². The zero-order valence-corrected chi connectivity index (χ0v) is 21.7. The van der Waals surface area contributed by atoms with Crippen LogP contribution in [0.15, 0.2) is 97.7 Å². The van der Waals surface area contributed by atoms with Gasteiger partial charge in [-0.3, -0.25) is 4.79 Å². The zero-order valence-electron chi connectivity index (χ0n) is 21.7. The van der Waals surface area contributed by atoms with Gasteiger partial charge in [0.2, 0.25) is 5.88 Å². The van der Waals surface area contributed by atoms with E-state index in [-0.39, 0.29) is 11.7 Å². The van der Waals surface area contributed by atoms with E-state index in [4.69, 9.17) is 4.74 Å². The quantitative estimate of drug-likeness (QED) is 0.232. The number of phenols is 1. The largest absolute Gasteiger partial charge is 0.507 e. The Hall–Kier alpha value is -5.44. The number of amides is 1. The molecule has 0 fully saturated rings. The van der Waals surface area contributed by atoms with Gasteiger partial charge in [0.1, 0.15) is 11.6 Å². The molecule has 0 unspecified atom stereocenters. The van der Waals surface area contributed by atoms with Gasteiger partial charge in [-0.05, 0) is 72.1 Å². The van der Waals surface area contributed by atoms with Crippen LogP contribution >= 0.6 is 0 Å². The number of benzene rings is 3. The summed E-state index contributed by atoms with van der Waals surface area (Å²) in [5, 5.41) is 13.6. The number of nitrogens with one attached hydrogen (secondary N) is 2. The van der Waals surface area contributed by atoms with Gasteiger partial charge in [0, 0.05) is 41.9 Å². The van der Waals surface area contributed by atoms with Gasteiger partial charge in [0.25, 0.3) is 5.91 Å². The molecule has 0 aliphatic heterocycles. The third kappa shape index (κ3) is 5.12. The minimum Gasteiger partial charge on any atom is -0.507 e. The van der Waals surface area contributed by atoms with E-state index in [0.717, 1.165) is 24.1 Å². The molecule has 0 bridgehead atoms. The number of aromatic nitrogens is 5. The first-order valence-electron chi connectivity index (χ1n) is 12.8. The molecule has 0 aliphatic rings. The number of nitrogens with zero attached hydrogens (tertiary/aromatic N) is 4. The van der Waals surface area contributed by atoms with Crippen molar-refractivity contribution in [3.05, 3.63) is 109 Å². The molecule has 3 heterocycles. The number of rotatable bonds is 8. The van der Waals surface area contributed by atoms with Crippen molar-refractivity contribution in [3.8, 4) is 34.1 Å². The minimum absolute atomic E-state index is 0.0807. The van der Waals surface area contributed by atoms with Crippen LogP contribution in [0.2, 0.25) is 0 Å². The van der Waals surface area contributed by atoms with E-state index in [9.17, 15) is 9.90 Å². The summed E-state index contributed by atoms with van der Waals surface area (Å²) in [4.78, 5) is 29.2. The van der Waals surface area contributed by atoms with Gasteiger partial charge in [-0.2, -0.15) is 0 Å². The van der Waals surface area contributed by atoms with E-state index < -0.39 is 0 Å². The number of pyridine rings is 1. The number of aromatic hydroxyl groups is 1. The molecular weight excluding hydrogens is 504 g/mol. The summed E-state index contributed by atoms with van der Waals surface area (Å²) in [5.74, 6) is 0.833. The van der Waals surface area contributed by atoms with Gasteiger partial charge < -0.3 is 24.7 Å². The number of carbonyl (C=O) groups excluding carboxylic acids is 1. The molecule has 0 atom stereocenters. The van der Waals surface area contributed by atoms with Crippen LogP contribution in [-0.2, 0) is 13.0 Å². The second-order valence-corrected chi connectivity index (χ2v) is 9.31. The molecule has 40 heavy (non-hydrogen) atoms. The third-order valence-corrected chi connectivity index (χ3v) is 6.70. The number of ether oxygens (including phenoxy) is 1. The van der Waals surface area contributed by atoms with Crippen LogP contribution in [0.25, 0.3) is 33.5 Å². The lowest BCUT2D eigenvalue weighted by atomic mass is 10.0. The van der Waals surface area contributed by atoms with Gasteiger partial charge in [-0.15, -0.1) is 0 Å². The molecule has 0 aliphatic carbocycles. The fourth-order valence-electron chi connectivity index (χ4n) is 4.58. The first kappa shape index (κ1) is 24.9. The number of phenolic OH excluding ortho intramolecular Hbond substituents is 1. The number of carbonyl (C=O) groups is 1. The molecule has 3 aromatic carbocycles. The fourth-order valence-corrected chi connectivity index (χ4v) is 4.58. The van der Waals surface area contributed by atoms with Crippen molar-refractivity contribution in [3.63, 3.8) is 0 Å². The molecule has 3 N–H and O–H groups in total. The summed E-state index contributed by atoms with van der Waals surface area (Å²) in [6.07, 6.45) is 8.04. The number of aryl methyl sites for hydroxylation is 2. The number of H-pyrrole nitrogens is 1. The second-order valence-electron chi connectivity index (χ2n) is 9.31. The Morgan fingerprint density at radius 2 is 1.90 bits per heavy atom. The van der Waals surface area contributed by atoms with Crippen LogP contribution < -0.4 is 10.1 Å². The van der Waals surface area contributed by atoms with E-state index in [1.165, 1.54) is 5.56 Å². The molecule has 6 aromatic rings. The number of anilines is 1. The Morgan fingerprint density at radius 1 is 1.02 bits per heavy atom. The highest BCUT2D eigenvalue weighted by molar-refractivity contribution is 6.06. The van der Waals surface area contributed by atoms with Crippen molar-refractivity contribution in [1.29, 1.82) is 0 Å². The van der Waals surface area contributed by atoms with Crippen LogP contribution in [0.4, 0.5) is 5.69 Å². The summed E-state index contributed by atoms with van der Waals surface area (Å²) < 4.78 is 7.42. The number of methoxy groups -OCH3 is 1. The summed E-state index contributed by atoms with van der Waals surface area (Å²) in [7, 11) is 1.57. The second kappa shape index (κ2) is 10.7. The van der Waals surface area contributed by atoms with Crippen LogP contribution in [0.3, 0.4) is 0 Å². The van der Waals surface area contributed by atoms with E-state index in [1.807, 2.05) is 53.2 Å². The predicted octanol–water partition coefficient (Wildman–Crippen LogP) is 5.70. The molecule has 0 saturated heterocycles. The van der Waals surface area contributed by atoms with Crippen LogP contribution in [0.5, 0.6) is 11.6 Å². The van der Waals surface area contributed by atoms with Gasteiger partial charge in [-0.25, -0.2) is 15.0 Å². The summed E-state index contributed by atoms with van der Waals surface area (Å²) in [6, 6.07) is 22.1. The molecular formula is C31H26N6O3. The maximum atomic E-state index is 13.0. The molecule has 0 radical (unpaired) electrons. The molecule has 198 valence electrons. The zero-order chi connectivity index (χ0) is 27.5. The highest BCUT2D eigenvalue weighted by Crippen LogP contribution is 2.35. The van der Waals surface area contributed by atoms with E-state index in [0.29, 0.717) is 39.6 Å². The minimum atomic E-state index is -0.224. The Labute approximate surface area is 230 Å². The first-order chi connectivity index (χ1) is 19.6. The average molecular weight is 531 g/mol. The fraction of sp³-hybridized carbons (Fsp3) is 0.0968. The van der Waals surface area contributed by atoms with Crippen molar-refractivity contribution in [1.82, 2.24) is 24.5 Å². The molecule has 0 saturated carbocycles. The smallest absolute Gasteiger partial charge is 0.255 e. The van der Waals surface area contributed by atoms with E-state index in [1.54, 1.807) is 56.2 Å². The summed E-state index contributed by atoms with van der Waals surface area (Å²) in [6.45, 7) is 0.845. The predicted molar refractivity (Wildman–Crippen MR) is 153 cm³/mol. The number of aromatic amines is 1. The molecule has 3 aromatic heterocycles. The number of hydrogen-bond donors (Lipinski definition) is 3. The van der Waals surface area contributed by atoms with Crippen molar-refractivity contribution in [2.75, 3.05) is 12.4 Å². The molecule has 9 nitrogen and oxygen atoms in total. The van der Waals surface area contributed by atoms with Gasteiger partial charge in [0.15, 0.2) is 0 Å². The standard InChI is InChI=1S/C31H26N6O3/c1-40-31-24(3-2-13-33-31)21-7-11-28(38)25(17-21)29-35-26-10-6-22(18-27(26)36-29)30(39)34-23-8-4-20(5-9-23)12-15-37-16-14-32-19-37/h2-11,13-14,16-19,38H,12,15H2,1H3,(H,34,39)(H,35,36). The molecule has 1 amide bonds. The normalized spacial score (nSPS) is 11.0. The molecule has 9 heteroatoms. The Kier molecular flexibility index (Phi) is 6.68. The van der Waals surface area contributed by atoms with Crippen molar-refractivity contribution in [2.24, 2.45) is 0 Å². The highest BCUT2D eigenvalue weighted by atomic mass is 16.5. The van der Waals surface area contributed by atoms with Crippen LogP contribution in [-0.4, -0.2) is 42.6 Å². The van der Waals surface area contributed by atoms with E-state index in [2.05, 4.69) is 25.3 Å². The highest BCUT2D eigenvalue weighted by Gasteiger charge is 2.15. The number of fused-ring (bicyclic) bond motifs is 1. The van der Waals surface area contributed by atoms with Crippen molar-refractivity contribution in [2.45, 2.75) is 13.0 Å². The Balaban J connectivity index is 1.20. The monoisotopic (exact) mass is 530 g/mol. The topological polar surface area (TPSA) is 118 Å². The summed E-state index contributed by atoms with van der Waals surface area (Å²) in [5.41, 5.74) is 5.89.